The van der Waals surface area contributed by atoms with Crippen LogP contribution >= 0.6 is 11.8 Å². The van der Waals surface area contributed by atoms with Gasteiger partial charge in [-0.3, -0.25) is 29.4 Å². The van der Waals surface area contributed by atoms with Crippen LogP contribution in [0.5, 0.6) is 5.75 Å². The lowest BCUT2D eigenvalue weighted by Gasteiger charge is -2.22. The molecular weight excluding hydrogens is 551 g/mol. The van der Waals surface area contributed by atoms with Crippen molar-refractivity contribution in [3.05, 3.63) is 98.7 Å². The number of halogens is 1. The van der Waals surface area contributed by atoms with Gasteiger partial charge in [-0.1, -0.05) is 24.3 Å². The molecule has 0 aliphatic carbocycles. The summed E-state index contributed by atoms with van der Waals surface area (Å²) >= 11 is 0.736. The van der Waals surface area contributed by atoms with Crippen molar-refractivity contribution in [2.45, 2.75) is 20.4 Å². The number of hydrogen-bond donors (Lipinski definition) is 1. The topological polar surface area (TPSA) is 122 Å². The SMILES string of the molecule is CCN(CC)c1ccc(/C=C2\SC(=O)N(Cc3ccccc3F)C2=O)c(OCC(=O)Nc2cccc([N+](=O)[O-])c2)c1. The number of nitro groups is 1. The van der Waals surface area contributed by atoms with E-state index in [2.05, 4.69) is 10.2 Å². The molecule has 1 aliphatic rings. The van der Waals surface area contributed by atoms with Crippen molar-refractivity contribution >= 4 is 52.0 Å². The van der Waals surface area contributed by atoms with Gasteiger partial charge in [0, 0.05) is 53.8 Å². The number of nitrogens with zero attached hydrogens (tertiary/aromatic N) is 3. The van der Waals surface area contributed by atoms with Crippen LogP contribution in [-0.4, -0.2) is 46.6 Å². The standard InChI is InChI=1S/C29H27FN4O6S/c1-3-32(4-2)22-13-12-19(14-26-28(36)33(29(37)41-26)17-20-8-5-6-11-24(20)30)25(16-22)40-18-27(35)31-21-9-7-10-23(15-21)34(38)39/h5-16H,3-4,17-18H2,1-2H3,(H,31,35)/b26-14-. The van der Waals surface area contributed by atoms with Gasteiger partial charge in [-0.15, -0.1) is 0 Å². The largest absolute Gasteiger partial charge is 0.483 e. The summed E-state index contributed by atoms with van der Waals surface area (Å²) in [5, 5.41) is 13.1. The van der Waals surface area contributed by atoms with Crippen molar-refractivity contribution in [2.75, 3.05) is 29.9 Å². The first-order valence-corrected chi connectivity index (χ1v) is 13.6. The molecule has 3 aromatic rings. The van der Waals surface area contributed by atoms with Crippen LogP contribution in [0, 0.1) is 15.9 Å². The van der Waals surface area contributed by atoms with Crippen molar-refractivity contribution in [1.82, 2.24) is 4.90 Å². The number of nitro benzene ring substituents is 1. The number of nitrogens with one attached hydrogen (secondary N) is 1. The number of thioether (sulfide) groups is 1. The van der Waals surface area contributed by atoms with Gasteiger partial charge in [-0.25, -0.2) is 4.39 Å². The summed E-state index contributed by atoms with van der Waals surface area (Å²) in [5.41, 5.74) is 1.59. The molecule has 1 aliphatic heterocycles. The zero-order chi connectivity index (χ0) is 29.5. The zero-order valence-corrected chi connectivity index (χ0v) is 23.2. The molecule has 4 rings (SSSR count). The van der Waals surface area contributed by atoms with Crippen LogP contribution in [0.4, 0.5) is 26.2 Å². The molecule has 1 saturated heterocycles. The van der Waals surface area contributed by atoms with Crippen molar-refractivity contribution in [3.63, 3.8) is 0 Å². The quantitative estimate of drug-likeness (QED) is 0.171. The maximum Gasteiger partial charge on any atom is 0.293 e. The number of rotatable bonds is 11. The van der Waals surface area contributed by atoms with E-state index in [4.69, 9.17) is 4.74 Å². The number of anilines is 2. The lowest BCUT2D eigenvalue weighted by molar-refractivity contribution is -0.384. The van der Waals surface area contributed by atoms with Gasteiger partial charge in [0.25, 0.3) is 22.7 Å². The summed E-state index contributed by atoms with van der Waals surface area (Å²) in [6.45, 7) is 4.82. The predicted molar refractivity (Wildman–Crippen MR) is 155 cm³/mol. The summed E-state index contributed by atoms with van der Waals surface area (Å²) in [6.07, 6.45) is 1.51. The number of carbonyl (C=O) groups is 3. The Bertz CT molecular complexity index is 1520. The molecule has 0 radical (unpaired) electrons. The second-order valence-corrected chi connectivity index (χ2v) is 9.89. The summed E-state index contributed by atoms with van der Waals surface area (Å²) in [5.74, 6) is -1.33. The third-order valence-electron chi connectivity index (χ3n) is 6.27. The fraction of sp³-hybridized carbons (Fsp3) is 0.207. The molecule has 0 atom stereocenters. The Balaban J connectivity index is 1.56. The summed E-state index contributed by atoms with van der Waals surface area (Å²) in [7, 11) is 0. The Morgan fingerprint density at radius 1 is 1.10 bits per heavy atom. The first kappa shape index (κ1) is 29.3. The number of hydrogen-bond acceptors (Lipinski definition) is 8. The Morgan fingerprint density at radius 3 is 2.56 bits per heavy atom. The second-order valence-electron chi connectivity index (χ2n) is 8.90. The molecule has 12 heteroatoms. The molecule has 3 aromatic carbocycles. The smallest absolute Gasteiger partial charge is 0.293 e. The van der Waals surface area contributed by atoms with E-state index >= 15 is 0 Å². The van der Waals surface area contributed by atoms with Crippen LogP contribution in [-0.2, 0) is 16.1 Å². The zero-order valence-electron chi connectivity index (χ0n) is 22.3. The second kappa shape index (κ2) is 13.1. The number of non-ortho nitro benzene ring substituents is 1. The van der Waals surface area contributed by atoms with Gasteiger partial charge in [0.1, 0.15) is 11.6 Å². The van der Waals surface area contributed by atoms with Crippen LogP contribution in [0.15, 0.2) is 71.6 Å². The minimum absolute atomic E-state index is 0.132. The summed E-state index contributed by atoms with van der Waals surface area (Å²) < 4.78 is 20.0. The molecule has 0 unspecified atom stereocenters. The van der Waals surface area contributed by atoms with Crippen molar-refractivity contribution in [2.24, 2.45) is 0 Å². The van der Waals surface area contributed by atoms with Crippen molar-refractivity contribution < 1.29 is 28.4 Å². The van der Waals surface area contributed by atoms with Gasteiger partial charge in [-0.05, 0) is 56.0 Å². The predicted octanol–water partition coefficient (Wildman–Crippen LogP) is 5.83. The fourth-order valence-electron chi connectivity index (χ4n) is 4.16. The van der Waals surface area contributed by atoms with E-state index in [9.17, 15) is 28.9 Å². The van der Waals surface area contributed by atoms with Crippen LogP contribution in [0.3, 0.4) is 0 Å². The van der Waals surface area contributed by atoms with Crippen molar-refractivity contribution in [1.29, 1.82) is 0 Å². The Morgan fingerprint density at radius 2 is 1.85 bits per heavy atom. The van der Waals surface area contributed by atoms with E-state index in [1.165, 1.54) is 48.5 Å². The molecule has 10 nitrogen and oxygen atoms in total. The van der Waals surface area contributed by atoms with Crippen LogP contribution in [0.2, 0.25) is 0 Å². The van der Waals surface area contributed by atoms with E-state index in [0.29, 0.717) is 11.3 Å². The lowest BCUT2D eigenvalue weighted by Crippen LogP contribution is -2.27. The van der Waals surface area contributed by atoms with Gasteiger partial charge in [0.15, 0.2) is 6.61 Å². The average molecular weight is 579 g/mol. The third kappa shape index (κ3) is 7.09. The number of imide groups is 1. The van der Waals surface area contributed by atoms with E-state index in [1.807, 2.05) is 19.9 Å². The summed E-state index contributed by atoms with van der Waals surface area (Å²) in [6, 6.07) is 16.8. The third-order valence-corrected chi connectivity index (χ3v) is 7.18. The molecule has 3 amide bonds. The van der Waals surface area contributed by atoms with Gasteiger partial charge in [0.2, 0.25) is 0 Å². The van der Waals surface area contributed by atoms with Gasteiger partial charge in [-0.2, -0.15) is 0 Å². The molecule has 0 bridgehead atoms. The molecule has 0 saturated carbocycles. The first-order valence-electron chi connectivity index (χ1n) is 12.7. The molecule has 41 heavy (non-hydrogen) atoms. The molecule has 1 fully saturated rings. The van der Waals surface area contributed by atoms with E-state index in [1.54, 1.807) is 18.2 Å². The number of carbonyl (C=O) groups excluding carboxylic acids is 3. The highest BCUT2D eigenvalue weighted by molar-refractivity contribution is 8.18. The van der Waals surface area contributed by atoms with Crippen LogP contribution < -0.4 is 15.0 Å². The van der Waals surface area contributed by atoms with Crippen LogP contribution in [0.1, 0.15) is 25.0 Å². The molecular formula is C29H27FN4O6S. The van der Waals surface area contributed by atoms with E-state index < -0.39 is 34.4 Å². The average Bonchev–Trinajstić information content (AvgIpc) is 3.22. The highest BCUT2D eigenvalue weighted by Gasteiger charge is 2.35. The minimum atomic E-state index is -0.564. The minimum Gasteiger partial charge on any atom is -0.483 e. The van der Waals surface area contributed by atoms with Crippen molar-refractivity contribution in [3.8, 4) is 5.75 Å². The fourth-order valence-corrected chi connectivity index (χ4v) is 4.99. The highest BCUT2D eigenvalue weighted by atomic mass is 32.2. The summed E-state index contributed by atoms with van der Waals surface area (Å²) in [4.78, 5) is 52.0. The first-order chi connectivity index (χ1) is 19.7. The van der Waals surface area contributed by atoms with Gasteiger partial charge < -0.3 is 15.0 Å². The number of ether oxygens (including phenoxy) is 1. The highest BCUT2D eigenvalue weighted by Crippen LogP contribution is 2.36. The molecule has 0 spiro atoms. The number of benzene rings is 3. The normalized spacial score (nSPS) is 13.9. The monoisotopic (exact) mass is 578 g/mol. The Hall–Kier alpha value is -4.71. The molecule has 0 aromatic heterocycles. The molecule has 212 valence electrons. The Kier molecular flexibility index (Phi) is 9.35. The molecule has 1 N–H and O–H groups in total. The van der Waals surface area contributed by atoms with Gasteiger partial charge >= 0.3 is 0 Å². The van der Waals surface area contributed by atoms with Gasteiger partial charge in [0.05, 0.1) is 16.4 Å². The maximum absolute atomic E-state index is 14.1. The van der Waals surface area contributed by atoms with E-state index in [0.717, 1.165) is 35.4 Å². The maximum atomic E-state index is 14.1. The van der Waals surface area contributed by atoms with Crippen LogP contribution in [0.25, 0.3) is 6.08 Å². The Labute approximate surface area is 239 Å². The number of amides is 3. The lowest BCUT2D eigenvalue weighted by atomic mass is 10.1. The molecule has 1 heterocycles. The van der Waals surface area contributed by atoms with E-state index in [-0.39, 0.29) is 28.4 Å².